The van der Waals surface area contributed by atoms with Crippen molar-refractivity contribution in [2.75, 3.05) is 6.61 Å². The lowest BCUT2D eigenvalue weighted by Gasteiger charge is -2.31. The van der Waals surface area contributed by atoms with E-state index in [0.29, 0.717) is 18.7 Å². The van der Waals surface area contributed by atoms with Crippen LogP contribution in [0.5, 0.6) is 5.75 Å². The maximum atomic E-state index is 13.3. The molecular formula is C28H40N2O3. The largest absolute Gasteiger partial charge is 0.484 e. The number of hydrogen-bond acceptors (Lipinski definition) is 3. The highest BCUT2D eigenvalue weighted by Gasteiger charge is 2.29. The summed E-state index contributed by atoms with van der Waals surface area (Å²) in [5.74, 6) is 0.312. The summed E-state index contributed by atoms with van der Waals surface area (Å²) in [6, 6.07) is 15.4. The van der Waals surface area contributed by atoms with Crippen molar-refractivity contribution in [2.24, 2.45) is 0 Å². The monoisotopic (exact) mass is 452 g/mol. The van der Waals surface area contributed by atoms with Gasteiger partial charge in [-0.25, -0.2) is 0 Å². The minimum absolute atomic E-state index is 0.0521. The van der Waals surface area contributed by atoms with E-state index in [0.717, 1.165) is 17.5 Å². The zero-order chi connectivity index (χ0) is 24.6. The van der Waals surface area contributed by atoms with Crippen LogP contribution in [0, 0.1) is 6.92 Å². The molecule has 33 heavy (non-hydrogen) atoms. The van der Waals surface area contributed by atoms with Crippen LogP contribution in [0.15, 0.2) is 48.5 Å². The molecule has 0 aliphatic heterocycles. The van der Waals surface area contributed by atoms with E-state index in [1.54, 1.807) is 4.90 Å². The van der Waals surface area contributed by atoms with Gasteiger partial charge in [-0.2, -0.15) is 0 Å². The average molecular weight is 453 g/mol. The predicted octanol–water partition coefficient (Wildman–Crippen LogP) is 5.39. The van der Waals surface area contributed by atoms with Gasteiger partial charge < -0.3 is 15.0 Å². The molecule has 0 aliphatic carbocycles. The number of carbonyl (C=O) groups excluding carboxylic acids is 2. The molecule has 2 amide bonds. The lowest BCUT2D eigenvalue weighted by atomic mass is 9.87. The van der Waals surface area contributed by atoms with Gasteiger partial charge in [0.05, 0.1) is 0 Å². The van der Waals surface area contributed by atoms with Gasteiger partial charge in [-0.15, -0.1) is 0 Å². The Morgan fingerprint density at radius 1 is 0.970 bits per heavy atom. The van der Waals surface area contributed by atoms with Gasteiger partial charge >= 0.3 is 0 Å². The van der Waals surface area contributed by atoms with Crippen LogP contribution in [0.1, 0.15) is 71.1 Å². The molecule has 2 unspecified atom stereocenters. The Morgan fingerprint density at radius 2 is 1.58 bits per heavy atom. The van der Waals surface area contributed by atoms with Gasteiger partial charge in [0.25, 0.3) is 5.91 Å². The minimum Gasteiger partial charge on any atom is -0.484 e. The van der Waals surface area contributed by atoms with Crippen LogP contribution in [0.4, 0.5) is 0 Å². The van der Waals surface area contributed by atoms with E-state index in [1.807, 2.05) is 76.2 Å². The van der Waals surface area contributed by atoms with Crippen LogP contribution < -0.4 is 10.1 Å². The molecule has 2 rings (SSSR count). The second kappa shape index (κ2) is 11.9. The average Bonchev–Trinajstić information content (AvgIpc) is 2.78. The Hall–Kier alpha value is -2.82. The first-order chi connectivity index (χ1) is 15.5. The molecule has 1 N–H and O–H groups in total. The van der Waals surface area contributed by atoms with E-state index in [9.17, 15) is 9.59 Å². The molecule has 5 heteroatoms. The van der Waals surface area contributed by atoms with Crippen molar-refractivity contribution in [1.82, 2.24) is 10.2 Å². The van der Waals surface area contributed by atoms with E-state index in [2.05, 4.69) is 26.1 Å². The minimum atomic E-state index is -0.556. The third kappa shape index (κ3) is 7.92. The topological polar surface area (TPSA) is 58.6 Å². The van der Waals surface area contributed by atoms with Gasteiger partial charge in [0, 0.05) is 12.6 Å². The van der Waals surface area contributed by atoms with Crippen molar-refractivity contribution in [3.63, 3.8) is 0 Å². The lowest BCUT2D eigenvalue weighted by molar-refractivity contribution is -0.143. The van der Waals surface area contributed by atoms with Crippen molar-refractivity contribution >= 4 is 11.8 Å². The molecule has 0 aliphatic rings. The van der Waals surface area contributed by atoms with Gasteiger partial charge in [0.1, 0.15) is 11.8 Å². The number of benzene rings is 2. The van der Waals surface area contributed by atoms with Crippen molar-refractivity contribution in [3.05, 3.63) is 65.2 Å². The molecule has 0 radical (unpaired) electrons. The molecule has 2 aromatic rings. The van der Waals surface area contributed by atoms with Gasteiger partial charge in [-0.05, 0) is 55.4 Å². The number of rotatable bonds is 10. The van der Waals surface area contributed by atoms with Gasteiger partial charge in [-0.1, -0.05) is 76.6 Å². The number of nitrogens with zero attached hydrogens (tertiary/aromatic N) is 1. The molecule has 0 aromatic heterocycles. The van der Waals surface area contributed by atoms with Crippen molar-refractivity contribution in [2.45, 2.75) is 85.4 Å². The fourth-order valence-corrected chi connectivity index (χ4v) is 3.53. The van der Waals surface area contributed by atoms with Crippen LogP contribution in [-0.4, -0.2) is 35.4 Å². The Morgan fingerprint density at radius 3 is 2.09 bits per heavy atom. The number of amides is 2. The number of carbonyl (C=O) groups is 2. The molecule has 2 aromatic carbocycles. The van der Waals surface area contributed by atoms with Crippen LogP contribution in [0.3, 0.4) is 0 Å². The molecule has 5 nitrogen and oxygen atoms in total. The summed E-state index contributed by atoms with van der Waals surface area (Å²) in [6.45, 7) is 14.7. The third-order valence-corrected chi connectivity index (χ3v) is 5.94. The summed E-state index contributed by atoms with van der Waals surface area (Å²) in [7, 11) is 0. The summed E-state index contributed by atoms with van der Waals surface area (Å²) < 4.78 is 5.83. The van der Waals surface area contributed by atoms with Gasteiger partial charge in [-0.3, -0.25) is 9.59 Å². The molecule has 0 spiro atoms. The molecule has 0 heterocycles. The number of aryl methyl sites for hydroxylation is 1. The van der Waals surface area contributed by atoms with Crippen LogP contribution in [0.25, 0.3) is 0 Å². The maximum absolute atomic E-state index is 13.3. The maximum Gasteiger partial charge on any atom is 0.261 e. The Bertz CT molecular complexity index is 898. The zero-order valence-corrected chi connectivity index (χ0v) is 21.3. The Kier molecular flexibility index (Phi) is 9.51. The fourth-order valence-electron chi connectivity index (χ4n) is 3.53. The normalized spacial score (nSPS) is 13.2. The highest BCUT2D eigenvalue weighted by Crippen LogP contribution is 2.24. The van der Waals surface area contributed by atoms with E-state index >= 15 is 0 Å². The summed E-state index contributed by atoms with van der Waals surface area (Å²) in [4.78, 5) is 27.9. The smallest absolute Gasteiger partial charge is 0.261 e. The summed E-state index contributed by atoms with van der Waals surface area (Å²) in [6.07, 6.45) is 1.36. The number of ether oxygens (including phenoxy) is 1. The molecule has 180 valence electrons. The standard InChI is InChI=1S/C28H40N2O3/c1-8-21(4)29-27(32)25(9-2)30(18-22-12-10-20(3)11-13-22)26(31)19-33-24-16-14-23(15-17-24)28(5,6)7/h10-17,21,25H,8-9,18-19H2,1-7H3,(H,29,32). The predicted molar refractivity (Wildman–Crippen MR) is 134 cm³/mol. The first-order valence-electron chi connectivity index (χ1n) is 11.9. The van der Waals surface area contributed by atoms with E-state index < -0.39 is 6.04 Å². The molecule has 2 atom stereocenters. The summed E-state index contributed by atoms with van der Waals surface area (Å²) in [5.41, 5.74) is 3.39. The Labute approximate surface area is 199 Å². The van der Waals surface area contributed by atoms with Crippen molar-refractivity contribution in [3.8, 4) is 5.75 Å². The quantitative estimate of drug-likeness (QED) is 0.526. The first-order valence-corrected chi connectivity index (χ1v) is 11.9. The van der Waals surface area contributed by atoms with Crippen LogP contribution >= 0.6 is 0 Å². The van der Waals surface area contributed by atoms with Crippen LogP contribution in [0.2, 0.25) is 0 Å². The van der Waals surface area contributed by atoms with E-state index in [4.69, 9.17) is 4.74 Å². The molecular weight excluding hydrogens is 412 g/mol. The number of hydrogen-bond donors (Lipinski definition) is 1. The van der Waals surface area contributed by atoms with E-state index in [1.165, 1.54) is 5.56 Å². The SMILES string of the molecule is CCC(C)NC(=O)C(CC)N(Cc1ccc(C)cc1)C(=O)COc1ccc(C(C)(C)C)cc1. The van der Waals surface area contributed by atoms with Crippen molar-refractivity contribution in [1.29, 1.82) is 0 Å². The molecule has 0 saturated carbocycles. The lowest BCUT2D eigenvalue weighted by Crippen LogP contribution is -2.51. The second-order valence-corrected chi connectivity index (χ2v) is 9.81. The Balaban J connectivity index is 2.19. The number of nitrogens with one attached hydrogen (secondary N) is 1. The molecule has 0 bridgehead atoms. The summed E-state index contributed by atoms with van der Waals surface area (Å²) >= 11 is 0. The summed E-state index contributed by atoms with van der Waals surface area (Å²) in [5, 5.41) is 3.03. The van der Waals surface area contributed by atoms with Gasteiger partial charge in [0.15, 0.2) is 6.61 Å². The third-order valence-electron chi connectivity index (χ3n) is 5.94. The van der Waals surface area contributed by atoms with Gasteiger partial charge in [0.2, 0.25) is 5.91 Å². The fraction of sp³-hybridized carbons (Fsp3) is 0.500. The second-order valence-electron chi connectivity index (χ2n) is 9.81. The van der Waals surface area contributed by atoms with E-state index in [-0.39, 0.29) is 29.9 Å². The highest BCUT2D eigenvalue weighted by molar-refractivity contribution is 5.88. The zero-order valence-electron chi connectivity index (χ0n) is 21.3. The van der Waals surface area contributed by atoms with Crippen LogP contribution in [-0.2, 0) is 21.5 Å². The molecule has 0 saturated heterocycles. The molecule has 0 fully saturated rings. The first kappa shape index (κ1) is 26.4. The van der Waals surface area contributed by atoms with Crippen molar-refractivity contribution < 1.29 is 14.3 Å². The highest BCUT2D eigenvalue weighted by atomic mass is 16.5.